The fourth-order valence-corrected chi connectivity index (χ4v) is 3.99. The lowest BCUT2D eigenvalue weighted by molar-refractivity contribution is -0.178. The first-order valence-electron chi connectivity index (χ1n) is 10.5. The maximum atomic E-state index is 12.8. The van der Waals surface area contributed by atoms with E-state index in [1.54, 1.807) is 0 Å². The number of ether oxygens (including phenoxy) is 1. The van der Waals surface area contributed by atoms with Gasteiger partial charge in [-0.25, -0.2) is 9.59 Å². The number of anilines is 1. The second kappa shape index (κ2) is 9.49. The molecule has 7 nitrogen and oxygen atoms in total. The molecule has 0 spiro atoms. The van der Waals surface area contributed by atoms with Crippen LogP contribution in [-0.4, -0.2) is 41.9 Å². The highest BCUT2D eigenvalue weighted by Gasteiger charge is 2.46. The molecule has 1 aliphatic carbocycles. The molecule has 0 saturated heterocycles. The largest absolute Gasteiger partial charge is 0.479 e. The number of aliphatic carboxylic acids is 1. The first-order chi connectivity index (χ1) is 16.6. The molecule has 0 fully saturated rings. The number of nitrogens with one attached hydrogen (secondary N) is 2. The molecule has 1 atom stereocenters. The zero-order valence-electron chi connectivity index (χ0n) is 18.0. The number of amides is 2. The van der Waals surface area contributed by atoms with Gasteiger partial charge in [-0.1, -0.05) is 54.6 Å². The van der Waals surface area contributed by atoms with Gasteiger partial charge in [0, 0.05) is 17.2 Å². The number of carbonyl (C=O) groups excluding carboxylic acids is 2. The molecular formula is C25H19F3N2O5. The van der Waals surface area contributed by atoms with Gasteiger partial charge in [-0.3, -0.25) is 10.1 Å². The lowest BCUT2D eigenvalue weighted by Gasteiger charge is -2.17. The van der Waals surface area contributed by atoms with E-state index in [1.807, 2.05) is 48.5 Å². The molecule has 1 unspecified atom stereocenters. The molecule has 3 aromatic rings. The smallest absolute Gasteiger partial charge is 0.419 e. The molecule has 0 aliphatic heterocycles. The fourth-order valence-electron chi connectivity index (χ4n) is 3.99. The quantitative estimate of drug-likeness (QED) is 0.467. The number of benzene rings is 3. The summed E-state index contributed by atoms with van der Waals surface area (Å²) in [5.74, 6) is -3.66. The van der Waals surface area contributed by atoms with Crippen molar-refractivity contribution in [1.29, 1.82) is 0 Å². The molecule has 0 bridgehead atoms. The molecular weight excluding hydrogens is 465 g/mol. The summed E-state index contributed by atoms with van der Waals surface area (Å²) >= 11 is 0. The van der Waals surface area contributed by atoms with Gasteiger partial charge in [-0.05, 0) is 40.5 Å². The van der Waals surface area contributed by atoms with Gasteiger partial charge in [0.25, 0.3) is 5.91 Å². The summed E-state index contributed by atoms with van der Waals surface area (Å²) in [7, 11) is 0. The molecule has 0 radical (unpaired) electrons. The first-order valence-corrected chi connectivity index (χ1v) is 10.5. The Labute approximate surface area is 197 Å². The summed E-state index contributed by atoms with van der Waals surface area (Å²) in [5, 5.41) is 12.6. The number of alkyl halides is 3. The third-order valence-corrected chi connectivity index (χ3v) is 5.56. The van der Waals surface area contributed by atoms with E-state index in [-0.39, 0.29) is 23.8 Å². The van der Waals surface area contributed by atoms with Crippen LogP contribution in [0.4, 0.5) is 23.7 Å². The lowest BCUT2D eigenvalue weighted by atomic mass is 9.98. The third kappa shape index (κ3) is 5.11. The average molecular weight is 484 g/mol. The average Bonchev–Trinajstić information content (AvgIpc) is 3.14. The van der Waals surface area contributed by atoms with Gasteiger partial charge in [-0.15, -0.1) is 0 Å². The van der Waals surface area contributed by atoms with Crippen LogP contribution in [0.15, 0.2) is 72.8 Å². The van der Waals surface area contributed by atoms with Gasteiger partial charge >= 0.3 is 18.2 Å². The number of fused-ring (bicyclic) bond motifs is 3. The molecule has 180 valence electrons. The number of carboxylic acids is 1. The van der Waals surface area contributed by atoms with Gasteiger partial charge in [0.15, 0.2) is 0 Å². The summed E-state index contributed by atoms with van der Waals surface area (Å²) in [6.45, 7) is 0.0475. The standard InChI is InChI=1S/C25H19F3N2O5/c26-25(27,28)21(23(32)33)30-22(31)14-6-5-7-15(12-14)29-24(34)35-13-20-18-10-3-1-8-16(18)17-9-2-4-11-19(17)20/h1-12,20-21H,13H2,(H,29,34)(H,30,31)(H,32,33). The monoisotopic (exact) mass is 484 g/mol. The van der Waals surface area contributed by atoms with E-state index in [9.17, 15) is 27.6 Å². The summed E-state index contributed by atoms with van der Waals surface area (Å²) < 4.78 is 43.9. The van der Waals surface area contributed by atoms with Crippen LogP contribution in [-0.2, 0) is 9.53 Å². The Morgan fingerprint density at radius 1 is 0.914 bits per heavy atom. The summed E-state index contributed by atoms with van der Waals surface area (Å²) in [5.41, 5.74) is 4.00. The maximum absolute atomic E-state index is 12.8. The van der Waals surface area contributed by atoms with Crippen molar-refractivity contribution in [2.45, 2.75) is 18.1 Å². The van der Waals surface area contributed by atoms with Crippen molar-refractivity contribution in [2.24, 2.45) is 0 Å². The van der Waals surface area contributed by atoms with Crippen LogP contribution in [0.1, 0.15) is 27.4 Å². The second-order valence-electron chi connectivity index (χ2n) is 7.82. The summed E-state index contributed by atoms with van der Waals surface area (Å²) in [6, 6.07) is 17.6. The van der Waals surface area contributed by atoms with Gasteiger partial charge < -0.3 is 15.2 Å². The number of carbonyl (C=O) groups is 3. The van der Waals surface area contributed by atoms with Crippen molar-refractivity contribution in [2.75, 3.05) is 11.9 Å². The normalized spacial score (nSPS) is 13.3. The zero-order valence-corrected chi connectivity index (χ0v) is 18.0. The molecule has 2 amide bonds. The number of halogens is 3. The van der Waals surface area contributed by atoms with Crippen molar-refractivity contribution in [1.82, 2.24) is 5.32 Å². The van der Waals surface area contributed by atoms with E-state index in [0.29, 0.717) is 0 Å². The third-order valence-electron chi connectivity index (χ3n) is 5.56. The van der Waals surface area contributed by atoms with Crippen molar-refractivity contribution in [3.8, 4) is 11.1 Å². The molecule has 35 heavy (non-hydrogen) atoms. The topological polar surface area (TPSA) is 105 Å². The Hall–Kier alpha value is -4.34. The molecule has 1 aliphatic rings. The van der Waals surface area contributed by atoms with E-state index in [0.717, 1.165) is 28.3 Å². The van der Waals surface area contributed by atoms with Crippen molar-refractivity contribution in [3.05, 3.63) is 89.5 Å². The van der Waals surface area contributed by atoms with Crippen LogP contribution in [0, 0.1) is 0 Å². The van der Waals surface area contributed by atoms with E-state index in [2.05, 4.69) is 5.32 Å². The summed E-state index contributed by atoms with van der Waals surface area (Å²) in [4.78, 5) is 35.4. The highest BCUT2D eigenvalue weighted by Crippen LogP contribution is 2.44. The SMILES string of the molecule is O=C(Nc1cccc(C(=O)NC(C(=O)O)C(F)(F)F)c1)OCC1c2ccccc2-c2ccccc21. The molecule has 4 rings (SSSR count). The van der Waals surface area contributed by atoms with Crippen LogP contribution in [0.25, 0.3) is 11.1 Å². The molecule has 0 aromatic heterocycles. The number of rotatable bonds is 6. The molecule has 3 N–H and O–H groups in total. The number of carboxylic acid groups (broad SMARTS) is 1. The van der Waals surface area contributed by atoms with Crippen LogP contribution in [0.2, 0.25) is 0 Å². The Morgan fingerprint density at radius 2 is 1.51 bits per heavy atom. The van der Waals surface area contributed by atoms with E-state index >= 15 is 0 Å². The van der Waals surface area contributed by atoms with E-state index in [1.165, 1.54) is 23.5 Å². The molecule has 0 saturated carbocycles. The van der Waals surface area contributed by atoms with Crippen molar-refractivity contribution in [3.63, 3.8) is 0 Å². The Kier molecular flexibility index (Phi) is 6.46. The predicted octanol–water partition coefficient (Wildman–Crippen LogP) is 4.79. The molecule has 0 heterocycles. The van der Waals surface area contributed by atoms with Gasteiger partial charge in [0.05, 0.1) is 0 Å². The molecule has 10 heteroatoms. The highest BCUT2D eigenvalue weighted by atomic mass is 19.4. The zero-order chi connectivity index (χ0) is 25.2. The minimum atomic E-state index is -5.17. The van der Waals surface area contributed by atoms with Crippen LogP contribution in [0.5, 0.6) is 0 Å². The Balaban J connectivity index is 1.41. The highest BCUT2D eigenvalue weighted by molar-refractivity contribution is 5.98. The lowest BCUT2D eigenvalue weighted by Crippen LogP contribution is -2.50. The Morgan fingerprint density at radius 3 is 2.09 bits per heavy atom. The second-order valence-corrected chi connectivity index (χ2v) is 7.82. The molecule has 3 aromatic carbocycles. The minimum absolute atomic E-state index is 0.0475. The van der Waals surface area contributed by atoms with E-state index in [4.69, 9.17) is 9.84 Å². The Bertz CT molecular complexity index is 1250. The van der Waals surface area contributed by atoms with Crippen LogP contribution >= 0.6 is 0 Å². The predicted molar refractivity (Wildman–Crippen MR) is 120 cm³/mol. The van der Waals surface area contributed by atoms with Crippen molar-refractivity contribution >= 4 is 23.7 Å². The van der Waals surface area contributed by atoms with Gasteiger partial charge in [-0.2, -0.15) is 13.2 Å². The van der Waals surface area contributed by atoms with Crippen LogP contribution < -0.4 is 10.6 Å². The van der Waals surface area contributed by atoms with Crippen LogP contribution in [0.3, 0.4) is 0 Å². The van der Waals surface area contributed by atoms with Crippen molar-refractivity contribution < 1.29 is 37.4 Å². The minimum Gasteiger partial charge on any atom is -0.479 e. The van der Waals surface area contributed by atoms with E-state index < -0.39 is 30.2 Å². The number of hydrogen-bond donors (Lipinski definition) is 3. The fraction of sp³-hybridized carbons (Fsp3) is 0.160. The van der Waals surface area contributed by atoms with Gasteiger partial charge in [0.1, 0.15) is 6.61 Å². The van der Waals surface area contributed by atoms with Gasteiger partial charge in [0.2, 0.25) is 6.04 Å². The maximum Gasteiger partial charge on any atom is 0.419 e. The summed E-state index contributed by atoms with van der Waals surface area (Å²) in [6.07, 6.45) is -5.98. The first kappa shape index (κ1) is 23.8. The number of hydrogen-bond acceptors (Lipinski definition) is 4.